The van der Waals surface area contributed by atoms with Crippen LogP contribution in [-0.4, -0.2) is 14.8 Å². The van der Waals surface area contributed by atoms with Gasteiger partial charge in [-0.2, -0.15) is 0 Å². The second-order valence-electron chi connectivity index (χ2n) is 6.61. The first-order valence-electron chi connectivity index (χ1n) is 7.00. The van der Waals surface area contributed by atoms with Gasteiger partial charge in [0.2, 0.25) is 0 Å². The molecule has 0 saturated heterocycles. The zero-order chi connectivity index (χ0) is 15.8. The van der Waals surface area contributed by atoms with Crippen molar-refractivity contribution in [1.82, 2.24) is 14.8 Å². The molecule has 114 valence electrons. The SMILES string of the molecule is CC(C)Cn1c(C(C)(C)C)ccc(-c2n[nH]c(=S)o2)c1=O. The Labute approximate surface area is 129 Å². The van der Waals surface area contributed by atoms with Gasteiger partial charge < -0.3 is 8.98 Å². The molecule has 2 aromatic rings. The fourth-order valence-electron chi connectivity index (χ4n) is 2.29. The monoisotopic (exact) mass is 307 g/mol. The van der Waals surface area contributed by atoms with Crippen LogP contribution >= 0.6 is 12.2 Å². The van der Waals surface area contributed by atoms with Crippen LogP contribution in [0.5, 0.6) is 0 Å². The van der Waals surface area contributed by atoms with Crippen LogP contribution in [0.4, 0.5) is 0 Å². The molecule has 2 heterocycles. The number of nitrogens with one attached hydrogen (secondary N) is 1. The molecular formula is C15H21N3O2S. The maximum Gasteiger partial charge on any atom is 0.284 e. The normalized spacial score (nSPS) is 12.1. The van der Waals surface area contributed by atoms with E-state index >= 15 is 0 Å². The minimum atomic E-state index is -0.113. The third kappa shape index (κ3) is 3.32. The molecule has 0 aliphatic carbocycles. The fraction of sp³-hybridized carbons (Fsp3) is 0.533. The van der Waals surface area contributed by atoms with Crippen molar-refractivity contribution in [1.29, 1.82) is 0 Å². The van der Waals surface area contributed by atoms with Gasteiger partial charge in [-0.15, -0.1) is 5.10 Å². The highest BCUT2D eigenvalue weighted by Gasteiger charge is 2.22. The standard InChI is InChI=1S/C15H21N3O2S/c1-9(2)8-18-11(15(3,4)5)7-6-10(13(18)19)12-16-17-14(21)20-12/h6-7,9H,8H2,1-5H3,(H,17,21). The topological polar surface area (TPSA) is 63.8 Å². The summed E-state index contributed by atoms with van der Waals surface area (Å²) >= 11 is 4.87. The van der Waals surface area contributed by atoms with Gasteiger partial charge in [-0.25, -0.2) is 5.10 Å². The van der Waals surface area contributed by atoms with Gasteiger partial charge in [0.25, 0.3) is 16.3 Å². The van der Waals surface area contributed by atoms with Crippen LogP contribution in [0, 0.1) is 10.8 Å². The molecule has 0 bridgehead atoms. The summed E-state index contributed by atoms with van der Waals surface area (Å²) in [5.74, 6) is 0.604. The van der Waals surface area contributed by atoms with Crippen molar-refractivity contribution < 1.29 is 4.42 Å². The van der Waals surface area contributed by atoms with Gasteiger partial charge in [0.1, 0.15) is 5.56 Å². The lowest BCUT2D eigenvalue weighted by Gasteiger charge is -2.25. The number of pyridine rings is 1. The van der Waals surface area contributed by atoms with E-state index in [4.69, 9.17) is 16.6 Å². The van der Waals surface area contributed by atoms with E-state index in [-0.39, 0.29) is 21.7 Å². The summed E-state index contributed by atoms with van der Waals surface area (Å²) in [4.78, 5) is 13.0. The predicted octanol–water partition coefficient (Wildman–Crippen LogP) is 3.51. The molecule has 2 aromatic heterocycles. The number of rotatable bonds is 3. The Balaban J connectivity index is 2.67. The van der Waals surface area contributed by atoms with Crippen LogP contribution in [0.1, 0.15) is 40.3 Å². The Kier molecular flexibility index (Phi) is 4.18. The zero-order valence-electron chi connectivity index (χ0n) is 13.1. The van der Waals surface area contributed by atoms with E-state index in [2.05, 4.69) is 44.8 Å². The van der Waals surface area contributed by atoms with Crippen LogP contribution in [0.2, 0.25) is 0 Å². The lowest BCUT2D eigenvalue weighted by Crippen LogP contribution is -2.32. The van der Waals surface area contributed by atoms with Gasteiger partial charge in [0.05, 0.1) is 0 Å². The summed E-state index contributed by atoms with van der Waals surface area (Å²) in [5.41, 5.74) is 1.22. The molecule has 2 rings (SSSR count). The summed E-state index contributed by atoms with van der Waals surface area (Å²) in [6, 6.07) is 3.72. The zero-order valence-corrected chi connectivity index (χ0v) is 13.9. The van der Waals surface area contributed by atoms with E-state index in [0.29, 0.717) is 18.0 Å². The summed E-state index contributed by atoms with van der Waals surface area (Å²) < 4.78 is 7.08. The molecule has 0 aromatic carbocycles. The Morgan fingerprint density at radius 2 is 2.05 bits per heavy atom. The smallest absolute Gasteiger partial charge is 0.284 e. The number of hydrogen-bond acceptors (Lipinski definition) is 4. The second kappa shape index (κ2) is 5.60. The summed E-state index contributed by atoms with van der Waals surface area (Å²) in [5, 5.41) is 6.50. The highest BCUT2D eigenvalue weighted by atomic mass is 32.1. The minimum absolute atomic E-state index is 0.0959. The highest BCUT2D eigenvalue weighted by Crippen LogP contribution is 2.24. The second-order valence-corrected chi connectivity index (χ2v) is 6.98. The quantitative estimate of drug-likeness (QED) is 0.881. The van der Waals surface area contributed by atoms with E-state index in [9.17, 15) is 4.79 Å². The Hall–Kier alpha value is -1.69. The van der Waals surface area contributed by atoms with Crippen molar-refractivity contribution in [3.8, 4) is 11.5 Å². The van der Waals surface area contributed by atoms with Crippen LogP contribution in [0.3, 0.4) is 0 Å². The van der Waals surface area contributed by atoms with Crippen LogP contribution < -0.4 is 5.56 Å². The maximum absolute atomic E-state index is 12.8. The van der Waals surface area contributed by atoms with Crippen molar-refractivity contribution in [3.63, 3.8) is 0 Å². The predicted molar refractivity (Wildman–Crippen MR) is 84.9 cm³/mol. The molecule has 0 spiro atoms. The van der Waals surface area contributed by atoms with E-state index in [1.165, 1.54) is 0 Å². The molecule has 0 amide bonds. The maximum atomic E-state index is 12.8. The molecule has 21 heavy (non-hydrogen) atoms. The van der Waals surface area contributed by atoms with Crippen molar-refractivity contribution in [2.45, 2.75) is 46.6 Å². The average Bonchev–Trinajstić information content (AvgIpc) is 2.76. The first kappa shape index (κ1) is 15.7. The number of H-pyrrole nitrogens is 1. The molecule has 6 heteroatoms. The summed E-state index contributed by atoms with van der Waals surface area (Å²) in [7, 11) is 0. The van der Waals surface area contributed by atoms with Gasteiger partial charge in [-0.1, -0.05) is 34.6 Å². The summed E-state index contributed by atoms with van der Waals surface area (Å²) in [6.45, 7) is 11.1. The number of aromatic nitrogens is 3. The molecule has 0 saturated carbocycles. The van der Waals surface area contributed by atoms with Crippen LogP contribution in [0.25, 0.3) is 11.5 Å². The van der Waals surface area contributed by atoms with Crippen molar-refractivity contribution in [2.24, 2.45) is 5.92 Å². The van der Waals surface area contributed by atoms with Crippen molar-refractivity contribution >= 4 is 12.2 Å². The molecule has 0 radical (unpaired) electrons. The third-order valence-corrected chi connectivity index (χ3v) is 3.33. The first-order chi connectivity index (χ1) is 9.70. The van der Waals surface area contributed by atoms with Gasteiger partial charge >= 0.3 is 0 Å². The van der Waals surface area contributed by atoms with Crippen LogP contribution in [0.15, 0.2) is 21.3 Å². The number of aromatic amines is 1. The lowest BCUT2D eigenvalue weighted by molar-refractivity contribution is 0.447. The highest BCUT2D eigenvalue weighted by molar-refractivity contribution is 7.71. The lowest BCUT2D eigenvalue weighted by atomic mass is 9.90. The van der Waals surface area contributed by atoms with E-state index in [1.807, 2.05) is 10.6 Å². The molecule has 0 atom stereocenters. The number of hydrogen-bond donors (Lipinski definition) is 1. The van der Waals surface area contributed by atoms with E-state index in [1.54, 1.807) is 6.07 Å². The fourth-order valence-corrected chi connectivity index (χ4v) is 2.41. The molecule has 5 nitrogen and oxygen atoms in total. The molecule has 0 fully saturated rings. The Bertz CT molecular complexity index is 747. The minimum Gasteiger partial charge on any atom is -0.409 e. The van der Waals surface area contributed by atoms with Gasteiger partial charge in [-0.3, -0.25) is 4.79 Å². The van der Waals surface area contributed by atoms with Gasteiger partial charge in [0, 0.05) is 17.7 Å². The molecule has 1 N–H and O–H groups in total. The van der Waals surface area contributed by atoms with Crippen molar-refractivity contribution in [2.75, 3.05) is 0 Å². The van der Waals surface area contributed by atoms with Gasteiger partial charge in [-0.05, 0) is 30.3 Å². The van der Waals surface area contributed by atoms with Gasteiger partial charge in [0.15, 0.2) is 0 Å². The van der Waals surface area contributed by atoms with E-state index < -0.39 is 0 Å². The van der Waals surface area contributed by atoms with Crippen molar-refractivity contribution in [3.05, 3.63) is 33.0 Å². The molecule has 0 unspecified atom stereocenters. The number of nitrogens with zero attached hydrogens (tertiary/aromatic N) is 2. The summed E-state index contributed by atoms with van der Waals surface area (Å²) in [6.07, 6.45) is 0. The largest absolute Gasteiger partial charge is 0.409 e. The molecular weight excluding hydrogens is 286 g/mol. The average molecular weight is 307 g/mol. The molecule has 0 aliphatic rings. The van der Waals surface area contributed by atoms with Crippen LogP contribution in [-0.2, 0) is 12.0 Å². The Morgan fingerprint density at radius 1 is 1.38 bits per heavy atom. The Morgan fingerprint density at radius 3 is 2.52 bits per heavy atom. The third-order valence-electron chi connectivity index (χ3n) is 3.16. The van der Waals surface area contributed by atoms with E-state index in [0.717, 1.165) is 5.69 Å². The molecule has 0 aliphatic heterocycles. The first-order valence-corrected chi connectivity index (χ1v) is 7.41.